The normalized spacial score (nSPS) is 12.1. The van der Waals surface area contributed by atoms with E-state index in [4.69, 9.17) is 18.0 Å². The third-order valence-electron chi connectivity index (χ3n) is 4.88. The van der Waals surface area contributed by atoms with Crippen molar-refractivity contribution < 1.29 is 13.2 Å². The van der Waals surface area contributed by atoms with E-state index in [1.54, 1.807) is 10.6 Å². The fourth-order valence-electron chi connectivity index (χ4n) is 3.27. The highest BCUT2D eigenvalue weighted by atomic mass is 35.5. The average Bonchev–Trinajstić information content (AvgIpc) is 3.14. The molecule has 0 N–H and O–H groups in total. The molecule has 2 aromatic carbocycles. The molecule has 33 heavy (non-hydrogen) atoms. The number of sulfonamides is 1. The van der Waals surface area contributed by atoms with Gasteiger partial charge in [0.05, 0.1) is 21.7 Å². The van der Waals surface area contributed by atoms with E-state index in [2.05, 4.69) is 24.1 Å². The Morgan fingerprint density at radius 1 is 1.21 bits per heavy atom. The summed E-state index contributed by atoms with van der Waals surface area (Å²) in [6.45, 7) is 9.60. The zero-order valence-corrected chi connectivity index (χ0v) is 20.4. The van der Waals surface area contributed by atoms with Crippen LogP contribution in [-0.2, 0) is 16.6 Å². The van der Waals surface area contributed by atoms with Crippen LogP contribution in [-0.4, -0.2) is 36.3 Å². The second-order valence-corrected chi connectivity index (χ2v) is 10.4. The maximum absolute atomic E-state index is 12.9. The molecule has 0 spiro atoms. The van der Waals surface area contributed by atoms with Gasteiger partial charge in [-0.1, -0.05) is 41.0 Å². The average molecular weight is 500 g/mol. The van der Waals surface area contributed by atoms with E-state index < -0.39 is 15.9 Å². The molecular formula is C24H22ClN3O3S2. The lowest BCUT2D eigenvalue weighted by Gasteiger charge is -2.19. The number of terminal acetylenes is 1. The Kier molecular flexibility index (Phi) is 7.72. The standard InChI is InChI=1S/C24H22ClN3O3S2/c1-5-14-27(15-6-2)33(30,31)19-10-8-18(9-11-19)23(29)26-24-28(16-7-3)22-17(4)20(25)12-13-21(22)32-24/h3,5-6,8-13H,1-2,14-16H2,4H3. The maximum Gasteiger partial charge on any atom is 0.279 e. The number of halogens is 1. The maximum atomic E-state index is 12.9. The third-order valence-corrected chi connectivity index (χ3v) is 8.18. The van der Waals surface area contributed by atoms with Gasteiger partial charge < -0.3 is 4.57 Å². The van der Waals surface area contributed by atoms with Crippen LogP contribution in [0.1, 0.15) is 15.9 Å². The Bertz CT molecular complexity index is 1430. The number of aromatic nitrogens is 1. The molecule has 170 valence electrons. The summed E-state index contributed by atoms with van der Waals surface area (Å²) in [4.78, 5) is 17.6. The first-order chi connectivity index (χ1) is 15.7. The number of carbonyl (C=O) groups is 1. The van der Waals surface area contributed by atoms with Gasteiger partial charge in [0, 0.05) is 23.7 Å². The number of fused-ring (bicyclic) bond motifs is 1. The molecule has 0 aliphatic carbocycles. The summed E-state index contributed by atoms with van der Waals surface area (Å²) >= 11 is 7.59. The zero-order valence-electron chi connectivity index (χ0n) is 18.0. The summed E-state index contributed by atoms with van der Waals surface area (Å²) in [6, 6.07) is 9.33. The molecule has 0 bridgehead atoms. The minimum atomic E-state index is -3.75. The lowest BCUT2D eigenvalue weighted by Crippen LogP contribution is -2.31. The van der Waals surface area contributed by atoms with Gasteiger partial charge in [0.1, 0.15) is 0 Å². The van der Waals surface area contributed by atoms with Gasteiger partial charge in [-0.25, -0.2) is 8.42 Å². The lowest BCUT2D eigenvalue weighted by molar-refractivity contribution is 0.0998. The molecule has 1 amide bonds. The summed E-state index contributed by atoms with van der Waals surface area (Å²) in [5.41, 5.74) is 1.95. The fraction of sp³-hybridized carbons (Fsp3) is 0.167. The molecule has 0 saturated heterocycles. The Morgan fingerprint density at radius 2 is 1.85 bits per heavy atom. The van der Waals surface area contributed by atoms with Gasteiger partial charge in [0.15, 0.2) is 4.80 Å². The van der Waals surface area contributed by atoms with E-state index >= 15 is 0 Å². The Morgan fingerprint density at radius 3 is 2.42 bits per heavy atom. The van der Waals surface area contributed by atoms with Crippen LogP contribution in [0.4, 0.5) is 0 Å². The molecule has 0 atom stereocenters. The molecular weight excluding hydrogens is 478 g/mol. The van der Waals surface area contributed by atoms with E-state index in [1.807, 2.05) is 13.0 Å². The number of carbonyl (C=O) groups excluding carboxylic acids is 1. The number of hydrogen-bond acceptors (Lipinski definition) is 4. The number of benzene rings is 2. The molecule has 0 radical (unpaired) electrons. The molecule has 1 aromatic heterocycles. The molecule has 3 aromatic rings. The van der Waals surface area contributed by atoms with Gasteiger partial charge >= 0.3 is 0 Å². The first-order valence-corrected chi connectivity index (χ1v) is 12.5. The molecule has 0 aliphatic rings. The van der Waals surface area contributed by atoms with Gasteiger partial charge in [-0.05, 0) is 48.9 Å². The van der Waals surface area contributed by atoms with Gasteiger partial charge in [0.2, 0.25) is 10.0 Å². The third kappa shape index (κ3) is 5.02. The van der Waals surface area contributed by atoms with Crippen LogP contribution in [0.15, 0.2) is 71.6 Å². The van der Waals surface area contributed by atoms with Gasteiger partial charge in [-0.3, -0.25) is 4.79 Å². The predicted molar refractivity (Wildman–Crippen MR) is 134 cm³/mol. The van der Waals surface area contributed by atoms with Crippen LogP contribution >= 0.6 is 22.9 Å². The van der Waals surface area contributed by atoms with Crippen molar-refractivity contribution in [3.05, 3.63) is 82.7 Å². The molecule has 1 heterocycles. The van der Waals surface area contributed by atoms with Gasteiger partial charge in [-0.2, -0.15) is 9.30 Å². The number of amides is 1. The molecule has 6 nitrogen and oxygen atoms in total. The van der Waals surface area contributed by atoms with Crippen molar-refractivity contribution in [3.8, 4) is 12.3 Å². The topological polar surface area (TPSA) is 71.7 Å². The molecule has 3 rings (SSSR count). The van der Waals surface area contributed by atoms with E-state index in [1.165, 1.54) is 52.1 Å². The smallest absolute Gasteiger partial charge is 0.279 e. The predicted octanol–water partition coefficient (Wildman–Crippen LogP) is 4.40. The fourth-order valence-corrected chi connectivity index (χ4v) is 5.89. The number of rotatable bonds is 8. The van der Waals surface area contributed by atoms with Gasteiger partial charge in [-0.15, -0.1) is 19.6 Å². The van der Waals surface area contributed by atoms with E-state index in [-0.39, 0.29) is 30.1 Å². The van der Waals surface area contributed by atoms with Crippen molar-refractivity contribution >= 4 is 49.1 Å². The second kappa shape index (κ2) is 10.3. The largest absolute Gasteiger partial charge is 0.304 e. The Labute approximate surface area is 202 Å². The zero-order chi connectivity index (χ0) is 24.2. The van der Waals surface area contributed by atoms with Crippen LogP contribution in [0.25, 0.3) is 10.2 Å². The van der Waals surface area contributed by atoms with Crippen molar-refractivity contribution in [1.29, 1.82) is 0 Å². The number of aryl methyl sites for hydroxylation is 1. The SMILES string of the molecule is C#CCn1c(=NC(=O)c2ccc(S(=O)(=O)N(CC=C)CC=C)cc2)sc2ccc(Cl)c(C)c21. The number of thiazole rings is 1. The van der Waals surface area contributed by atoms with Crippen molar-refractivity contribution in [3.63, 3.8) is 0 Å². The van der Waals surface area contributed by atoms with Crippen molar-refractivity contribution in [2.45, 2.75) is 18.4 Å². The van der Waals surface area contributed by atoms with Crippen LogP contribution in [0, 0.1) is 19.3 Å². The number of hydrogen-bond donors (Lipinski definition) is 0. The molecule has 0 saturated carbocycles. The summed E-state index contributed by atoms with van der Waals surface area (Å²) in [6.07, 6.45) is 8.54. The monoisotopic (exact) mass is 499 g/mol. The van der Waals surface area contributed by atoms with E-state index in [0.717, 1.165) is 15.8 Å². The summed E-state index contributed by atoms with van der Waals surface area (Å²) in [5.74, 6) is 2.08. The quantitative estimate of drug-likeness (QED) is 0.340. The minimum absolute atomic E-state index is 0.0669. The lowest BCUT2D eigenvalue weighted by atomic mass is 10.2. The Hall–Kier alpha value is -2.96. The number of nitrogens with zero attached hydrogens (tertiary/aromatic N) is 3. The second-order valence-electron chi connectivity index (χ2n) is 7.03. The summed E-state index contributed by atoms with van der Waals surface area (Å²) in [5, 5.41) is 0.600. The van der Waals surface area contributed by atoms with Crippen molar-refractivity contribution in [2.75, 3.05) is 13.1 Å². The van der Waals surface area contributed by atoms with E-state index in [0.29, 0.717) is 9.82 Å². The highest BCUT2D eigenvalue weighted by molar-refractivity contribution is 7.89. The Balaban J connectivity index is 2.01. The highest BCUT2D eigenvalue weighted by Crippen LogP contribution is 2.27. The molecule has 0 fully saturated rings. The molecule has 9 heteroatoms. The van der Waals surface area contributed by atoms with Crippen molar-refractivity contribution in [2.24, 2.45) is 4.99 Å². The van der Waals surface area contributed by atoms with Crippen LogP contribution in [0.5, 0.6) is 0 Å². The summed E-state index contributed by atoms with van der Waals surface area (Å²) < 4.78 is 29.6. The van der Waals surface area contributed by atoms with Crippen molar-refractivity contribution in [1.82, 2.24) is 8.87 Å². The van der Waals surface area contributed by atoms with Gasteiger partial charge in [0.25, 0.3) is 5.91 Å². The van der Waals surface area contributed by atoms with Crippen LogP contribution < -0.4 is 4.80 Å². The summed E-state index contributed by atoms with van der Waals surface area (Å²) in [7, 11) is -3.75. The highest BCUT2D eigenvalue weighted by Gasteiger charge is 2.22. The molecule has 0 aliphatic heterocycles. The van der Waals surface area contributed by atoms with Crippen LogP contribution in [0.3, 0.4) is 0 Å². The first kappa shape index (κ1) is 24.7. The first-order valence-electron chi connectivity index (χ1n) is 9.87. The van der Waals surface area contributed by atoms with E-state index in [9.17, 15) is 13.2 Å². The molecule has 0 unspecified atom stereocenters. The minimum Gasteiger partial charge on any atom is -0.304 e. The van der Waals surface area contributed by atoms with Crippen LogP contribution in [0.2, 0.25) is 5.02 Å².